The number of benzene rings is 2. The van der Waals surface area contributed by atoms with Crippen LogP contribution in [-0.2, 0) is 0 Å². The van der Waals surface area contributed by atoms with Gasteiger partial charge in [0, 0.05) is 22.9 Å². The van der Waals surface area contributed by atoms with Crippen molar-refractivity contribution in [3.8, 4) is 16.2 Å². The average molecular weight is 323 g/mol. The van der Waals surface area contributed by atoms with Crippen LogP contribution >= 0.6 is 11.3 Å². The molecule has 0 radical (unpaired) electrons. The number of hydrogen-bond donors (Lipinski definition) is 1. The van der Waals surface area contributed by atoms with Gasteiger partial charge in [0.15, 0.2) is 0 Å². The van der Waals surface area contributed by atoms with Crippen molar-refractivity contribution < 1.29 is 9.90 Å². The summed E-state index contributed by atoms with van der Waals surface area (Å²) in [6, 6.07) is 16.6. The minimum Gasteiger partial charge on any atom is -0.508 e. The van der Waals surface area contributed by atoms with Crippen LogP contribution in [-0.4, -0.2) is 18.1 Å². The molecule has 0 fully saturated rings. The Morgan fingerprint density at radius 2 is 1.70 bits per heavy atom. The van der Waals surface area contributed by atoms with Crippen molar-refractivity contribution >= 4 is 22.9 Å². The number of thiophene rings is 1. The third kappa shape index (κ3) is 3.27. The lowest BCUT2D eigenvalue weighted by atomic mass is 10.1. The molecule has 0 spiro atoms. The molecule has 1 amide bonds. The third-order valence-corrected chi connectivity index (χ3v) is 4.69. The van der Waals surface area contributed by atoms with Crippen molar-refractivity contribution in [2.75, 3.05) is 11.9 Å². The van der Waals surface area contributed by atoms with Crippen LogP contribution in [0.25, 0.3) is 10.4 Å². The fraction of sp³-hybridized carbons (Fsp3) is 0.105. The Morgan fingerprint density at radius 1 is 1.04 bits per heavy atom. The van der Waals surface area contributed by atoms with E-state index in [0.717, 1.165) is 21.7 Å². The molecule has 1 N–H and O–H groups in total. The van der Waals surface area contributed by atoms with Gasteiger partial charge in [0.25, 0.3) is 5.91 Å². The quantitative estimate of drug-likeness (QED) is 0.758. The van der Waals surface area contributed by atoms with Crippen LogP contribution in [0, 0.1) is 6.92 Å². The van der Waals surface area contributed by atoms with Crippen LogP contribution in [0.4, 0.5) is 5.69 Å². The molecule has 1 heterocycles. The van der Waals surface area contributed by atoms with Crippen LogP contribution in [0.3, 0.4) is 0 Å². The fourth-order valence-corrected chi connectivity index (χ4v) is 3.22. The lowest BCUT2D eigenvalue weighted by Gasteiger charge is -2.15. The smallest absolute Gasteiger partial charge is 0.258 e. The maximum atomic E-state index is 12.5. The summed E-state index contributed by atoms with van der Waals surface area (Å²) < 4.78 is 0. The molecule has 3 rings (SSSR count). The van der Waals surface area contributed by atoms with Gasteiger partial charge >= 0.3 is 0 Å². The number of rotatable bonds is 3. The Bertz CT molecular complexity index is 819. The molecule has 0 saturated carbocycles. The largest absolute Gasteiger partial charge is 0.508 e. The van der Waals surface area contributed by atoms with Gasteiger partial charge in [0.1, 0.15) is 5.75 Å². The van der Waals surface area contributed by atoms with Gasteiger partial charge in [-0.15, -0.1) is 11.3 Å². The first kappa shape index (κ1) is 15.3. The van der Waals surface area contributed by atoms with Gasteiger partial charge in [-0.25, -0.2) is 0 Å². The van der Waals surface area contributed by atoms with Gasteiger partial charge in [-0.3, -0.25) is 4.79 Å². The molecule has 23 heavy (non-hydrogen) atoms. The van der Waals surface area contributed by atoms with E-state index in [9.17, 15) is 9.90 Å². The monoisotopic (exact) mass is 323 g/mol. The number of nitrogens with zero attached hydrogens (tertiary/aromatic N) is 1. The minimum atomic E-state index is -0.0277. The number of amides is 1. The molecule has 4 heteroatoms. The Kier molecular flexibility index (Phi) is 4.17. The van der Waals surface area contributed by atoms with E-state index in [0.29, 0.717) is 5.56 Å². The molecule has 0 aliphatic heterocycles. The summed E-state index contributed by atoms with van der Waals surface area (Å²) in [5.74, 6) is 0.220. The standard InChI is InChI=1S/C19H17NO2S/c1-13-3-5-15(6-4-13)19(22)20(2)16-11-18(23-12-16)14-7-9-17(21)10-8-14/h3-12,21H,1-2H3. The highest BCUT2D eigenvalue weighted by molar-refractivity contribution is 7.14. The maximum absolute atomic E-state index is 12.5. The van der Waals surface area contributed by atoms with Crippen molar-refractivity contribution in [1.29, 1.82) is 0 Å². The Hall–Kier alpha value is -2.59. The first-order valence-corrected chi connectivity index (χ1v) is 8.15. The fourth-order valence-electron chi connectivity index (χ4n) is 2.29. The Balaban J connectivity index is 1.83. The van der Waals surface area contributed by atoms with Crippen LogP contribution < -0.4 is 4.90 Å². The van der Waals surface area contributed by atoms with Gasteiger partial charge in [-0.2, -0.15) is 0 Å². The topological polar surface area (TPSA) is 40.5 Å². The highest BCUT2D eigenvalue weighted by Crippen LogP contribution is 2.32. The Morgan fingerprint density at radius 3 is 2.35 bits per heavy atom. The lowest BCUT2D eigenvalue weighted by molar-refractivity contribution is 0.0993. The zero-order valence-electron chi connectivity index (χ0n) is 13.0. The number of carbonyl (C=O) groups is 1. The van der Waals surface area contributed by atoms with Gasteiger partial charge in [-0.1, -0.05) is 17.7 Å². The van der Waals surface area contributed by atoms with Crippen molar-refractivity contribution in [3.05, 3.63) is 71.1 Å². The molecule has 0 saturated heterocycles. The summed E-state index contributed by atoms with van der Waals surface area (Å²) in [6.07, 6.45) is 0. The van der Waals surface area contributed by atoms with Crippen LogP contribution in [0.15, 0.2) is 60.0 Å². The van der Waals surface area contributed by atoms with E-state index in [1.807, 2.05) is 54.8 Å². The van der Waals surface area contributed by atoms with E-state index in [2.05, 4.69) is 0 Å². The molecule has 1 aromatic heterocycles. The maximum Gasteiger partial charge on any atom is 0.258 e. The van der Waals surface area contributed by atoms with Gasteiger partial charge in [0.2, 0.25) is 0 Å². The second-order valence-electron chi connectivity index (χ2n) is 5.45. The third-order valence-electron chi connectivity index (χ3n) is 3.73. The van der Waals surface area contributed by atoms with Crippen molar-refractivity contribution in [1.82, 2.24) is 0 Å². The van der Waals surface area contributed by atoms with E-state index in [1.54, 1.807) is 35.4 Å². The van der Waals surface area contributed by atoms with E-state index < -0.39 is 0 Å². The number of phenols is 1. The molecular weight excluding hydrogens is 306 g/mol. The molecular formula is C19H17NO2S. The molecule has 0 bridgehead atoms. The van der Waals surface area contributed by atoms with Crippen molar-refractivity contribution in [2.45, 2.75) is 6.92 Å². The van der Waals surface area contributed by atoms with E-state index >= 15 is 0 Å². The van der Waals surface area contributed by atoms with Crippen LogP contribution in [0.2, 0.25) is 0 Å². The minimum absolute atomic E-state index is 0.0277. The Labute approximate surface area is 139 Å². The first-order valence-electron chi connectivity index (χ1n) is 7.27. The SMILES string of the molecule is Cc1ccc(C(=O)N(C)c2csc(-c3ccc(O)cc3)c2)cc1. The van der Waals surface area contributed by atoms with Gasteiger partial charge < -0.3 is 10.0 Å². The lowest BCUT2D eigenvalue weighted by Crippen LogP contribution is -2.25. The number of phenolic OH excluding ortho intramolecular Hbond substituents is 1. The normalized spacial score (nSPS) is 10.5. The number of aryl methyl sites for hydroxylation is 1. The number of hydrogen-bond acceptors (Lipinski definition) is 3. The molecule has 0 aliphatic rings. The average Bonchev–Trinajstić information content (AvgIpc) is 3.05. The molecule has 0 atom stereocenters. The number of aromatic hydroxyl groups is 1. The molecule has 116 valence electrons. The summed E-state index contributed by atoms with van der Waals surface area (Å²) in [5, 5.41) is 11.3. The predicted molar refractivity (Wildman–Crippen MR) is 95.3 cm³/mol. The van der Waals surface area contributed by atoms with E-state index in [-0.39, 0.29) is 11.7 Å². The zero-order chi connectivity index (χ0) is 16.4. The molecule has 0 unspecified atom stereocenters. The molecule has 2 aromatic carbocycles. The molecule has 3 nitrogen and oxygen atoms in total. The summed E-state index contributed by atoms with van der Waals surface area (Å²) in [4.78, 5) is 15.3. The van der Waals surface area contributed by atoms with Crippen LogP contribution in [0.5, 0.6) is 5.75 Å². The van der Waals surface area contributed by atoms with E-state index in [1.165, 1.54) is 0 Å². The van der Waals surface area contributed by atoms with Gasteiger partial charge in [-0.05, 0) is 55.0 Å². The second-order valence-corrected chi connectivity index (χ2v) is 6.36. The highest BCUT2D eigenvalue weighted by Gasteiger charge is 2.15. The van der Waals surface area contributed by atoms with Crippen molar-refractivity contribution in [2.24, 2.45) is 0 Å². The zero-order valence-corrected chi connectivity index (χ0v) is 13.8. The molecule has 0 aliphatic carbocycles. The second kappa shape index (κ2) is 6.26. The van der Waals surface area contributed by atoms with Gasteiger partial charge in [0.05, 0.1) is 5.69 Å². The highest BCUT2D eigenvalue weighted by atomic mass is 32.1. The summed E-state index contributed by atoms with van der Waals surface area (Å²) in [7, 11) is 1.78. The summed E-state index contributed by atoms with van der Waals surface area (Å²) in [6.45, 7) is 2.00. The van der Waals surface area contributed by atoms with Crippen molar-refractivity contribution in [3.63, 3.8) is 0 Å². The van der Waals surface area contributed by atoms with Crippen LogP contribution in [0.1, 0.15) is 15.9 Å². The molecule has 3 aromatic rings. The first-order chi connectivity index (χ1) is 11.0. The number of anilines is 1. The van der Waals surface area contributed by atoms with E-state index in [4.69, 9.17) is 0 Å². The summed E-state index contributed by atoms with van der Waals surface area (Å²) >= 11 is 1.58. The number of carbonyl (C=O) groups excluding carboxylic acids is 1. The predicted octanol–water partition coefficient (Wildman–Crippen LogP) is 4.71. The summed E-state index contributed by atoms with van der Waals surface area (Å²) in [5.41, 5.74) is 3.70.